The van der Waals surface area contributed by atoms with Crippen LogP contribution in [0, 0.1) is 5.82 Å². The van der Waals surface area contributed by atoms with Crippen molar-refractivity contribution in [3.05, 3.63) is 46.7 Å². The molecule has 0 amide bonds. The van der Waals surface area contributed by atoms with E-state index in [4.69, 9.17) is 0 Å². The van der Waals surface area contributed by atoms with Crippen LogP contribution in [0.2, 0.25) is 0 Å². The first-order chi connectivity index (χ1) is 8.47. The Labute approximate surface area is 104 Å². The van der Waals surface area contributed by atoms with Gasteiger partial charge in [-0.2, -0.15) is 13.2 Å². The Morgan fingerprint density at radius 2 is 2.06 bits per heavy atom. The average Bonchev–Trinajstić information content (AvgIpc) is 2.79. The second-order valence-electron chi connectivity index (χ2n) is 3.50. The largest absolute Gasteiger partial charge is 0.419 e. The van der Waals surface area contributed by atoms with Gasteiger partial charge in [0.15, 0.2) is 5.13 Å². The van der Waals surface area contributed by atoms with E-state index in [1.54, 1.807) is 11.6 Å². The molecule has 2 rings (SSSR count). The molecule has 1 aromatic heterocycles. The number of alkyl halides is 3. The Morgan fingerprint density at radius 1 is 1.28 bits per heavy atom. The fraction of sp³-hybridized carbons (Fsp3) is 0.182. The molecule has 1 aromatic carbocycles. The van der Waals surface area contributed by atoms with Crippen molar-refractivity contribution in [3.63, 3.8) is 0 Å². The molecular formula is C11H8F4N2S. The first-order valence-electron chi connectivity index (χ1n) is 4.96. The van der Waals surface area contributed by atoms with Crippen molar-refractivity contribution in [1.82, 2.24) is 4.98 Å². The fourth-order valence-electron chi connectivity index (χ4n) is 1.39. The van der Waals surface area contributed by atoms with Gasteiger partial charge >= 0.3 is 6.18 Å². The topological polar surface area (TPSA) is 24.9 Å². The van der Waals surface area contributed by atoms with Crippen LogP contribution in [-0.2, 0) is 12.7 Å². The molecule has 96 valence electrons. The summed E-state index contributed by atoms with van der Waals surface area (Å²) in [7, 11) is 0. The van der Waals surface area contributed by atoms with Crippen LogP contribution in [0.5, 0.6) is 0 Å². The number of thiazole rings is 1. The van der Waals surface area contributed by atoms with Crippen molar-refractivity contribution >= 4 is 16.5 Å². The van der Waals surface area contributed by atoms with E-state index in [-0.39, 0.29) is 6.54 Å². The molecule has 0 radical (unpaired) electrons. The van der Waals surface area contributed by atoms with Crippen LogP contribution in [0.4, 0.5) is 22.7 Å². The van der Waals surface area contributed by atoms with Gasteiger partial charge in [-0.1, -0.05) is 6.07 Å². The molecule has 0 spiro atoms. The molecule has 2 nitrogen and oxygen atoms in total. The number of benzene rings is 1. The van der Waals surface area contributed by atoms with E-state index in [0.29, 0.717) is 10.7 Å². The molecule has 0 unspecified atom stereocenters. The lowest BCUT2D eigenvalue weighted by Gasteiger charge is -2.10. The number of hydrogen-bond donors (Lipinski definition) is 1. The smallest absolute Gasteiger partial charge is 0.357 e. The summed E-state index contributed by atoms with van der Waals surface area (Å²) in [4.78, 5) is 3.93. The summed E-state index contributed by atoms with van der Waals surface area (Å²) in [5, 5.41) is 5.21. The van der Waals surface area contributed by atoms with Crippen molar-refractivity contribution in [2.24, 2.45) is 0 Å². The maximum atomic E-state index is 13.0. The Balaban J connectivity index is 2.15. The van der Waals surface area contributed by atoms with Crippen LogP contribution in [0.25, 0.3) is 0 Å². The molecule has 0 aliphatic heterocycles. The van der Waals surface area contributed by atoms with Gasteiger partial charge in [0.05, 0.1) is 5.56 Å². The molecule has 0 atom stereocenters. The molecule has 0 fully saturated rings. The molecule has 18 heavy (non-hydrogen) atoms. The zero-order valence-electron chi connectivity index (χ0n) is 8.96. The normalized spacial score (nSPS) is 11.6. The number of rotatable bonds is 3. The summed E-state index contributed by atoms with van der Waals surface area (Å²) >= 11 is 1.34. The SMILES string of the molecule is Fc1ccc(CNc2nccs2)cc1C(F)(F)F. The van der Waals surface area contributed by atoms with E-state index in [2.05, 4.69) is 10.3 Å². The fourth-order valence-corrected chi connectivity index (χ4v) is 1.92. The molecule has 2 aromatic rings. The Bertz CT molecular complexity index is 522. The van der Waals surface area contributed by atoms with E-state index in [1.807, 2.05) is 0 Å². The quantitative estimate of drug-likeness (QED) is 0.860. The maximum absolute atomic E-state index is 13.0. The third kappa shape index (κ3) is 2.98. The van der Waals surface area contributed by atoms with Gasteiger partial charge in [0.1, 0.15) is 5.82 Å². The van der Waals surface area contributed by atoms with Crippen molar-refractivity contribution in [2.45, 2.75) is 12.7 Å². The highest BCUT2D eigenvalue weighted by Crippen LogP contribution is 2.32. The third-order valence-electron chi connectivity index (χ3n) is 2.21. The third-order valence-corrected chi connectivity index (χ3v) is 2.94. The lowest BCUT2D eigenvalue weighted by Crippen LogP contribution is -2.09. The zero-order valence-corrected chi connectivity index (χ0v) is 9.78. The number of nitrogens with one attached hydrogen (secondary N) is 1. The summed E-state index contributed by atoms with van der Waals surface area (Å²) in [6.07, 6.45) is -3.10. The number of anilines is 1. The van der Waals surface area contributed by atoms with Crippen LogP contribution < -0.4 is 5.32 Å². The number of nitrogens with zero attached hydrogens (tertiary/aromatic N) is 1. The van der Waals surface area contributed by atoms with Crippen LogP contribution in [0.15, 0.2) is 29.8 Å². The minimum absolute atomic E-state index is 0.164. The minimum atomic E-state index is -4.68. The second-order valence-corrected chi connectivity index (χ2v) is 4.40. The Morgan fingerprint density at radius 3 is 2.67 bits per heavy atom. The van der Waals surface area contributed by atoms with Crippen molar-refractivity contribution in [2.75, 3.05) is 5.32 Å². The van der Waals surface area contributed by atoms with Gasteiger partial charge in [-0.15, -0.1) is 11.3 Å². The van der Waals surface area contributed by atoms with Crippen LogP contribution in [0.1, 0.15) is 11.1 Å². The van der Waals surface area contributed by atoms with Gasteiger partial charge < -0.3 is 5.32 Å². The lowest BCUT2D eigenvalue weighted by atomic mass is 10.1. The summed E-state index contributed by atoms with van der Waals surface area (Å²) < 4.78 is 50.4. The van der Waals surface area contributed by atoms with Gasteiger partial charge in [0.2, 0.25) is 0 Å². The molecule has 0 aliphatic rings. The van der Waals surface area contributed by atoms with Gasteiger partial charge in [-0.3, -0.25) is 0 Å². The minimum Gasteiger partial charge on any atom is -0.357 e. The number of halogens is 4. The van der Waals surface area contributed by atoms with Crippen molar-refractivity contribution < 1.29 is 17.6 Å². The Kier molecular flexibility index (Phi) is 3.51. The van der Waals surface area contributed by atoms with Gasteiger partial charge in [-0.05, 0) is 17.7 Å². The lowest BCUT2D eigenvalue weighted by molar-refractivity contribution is -0.140. The first kappa shape index (κ1) is 12.8. The maximum Gasteiger partial charge on any atom is 0.419 e. The summed E-state index contributed by atoms with van der Waals surface area (Å²) in [6.45, 7) is 0.164. The summed E-state index contributed by atoms with van der Waals surface area (Å²) in [5.41, 5.74) is -0.903. The highest BCUT2D eigenvalue weighted by atomic mass is 32.1. The predicted octanol–water partition coefficient (Wildman–Crippen LogP) is 3.91. The summed E-state index contributed by atoms with van der Waals surface area (Å²) in [6, 6.07) is 2.93. The Hall–Kier alpha value is -1.63. The van der Waals surface area contributed by atoms with Gasteiger partial charge in [0, 0.05) is 18.1 Å². The molecule has 1 heterocycles. The second kappa shape index (κ2) is 4.93. The molecule has 0 saturated carbocycles. The molecule has 0 bridgehead atoms. The van der Waals surface area contributed by atoms with E-state index in [9.17, 15) is 17.6 Å². The van der Waals surface area contributed by atoms with Crippen LogP contribution >= 0.6 is 11.3 Å². The average molecular weight is 276 g/mol. The number of aromatic nitrogens is 1. The standard InChI is InChI=1S/C11H8F4N2S/c12-9-2-1-7(5-8(9)11(13,14)15)6-17-10-16-3-4-18-10/h1-5H,6H2,(H,16,17). The zero-order chi connectivity index (χ0) is 13.2. The first-order valence-corrected chi connectivity index (χ1v) is 5.84. The highest BCUT2D eigenvalue weighted by molar-refractivity contribution is 7.13. The van der Waals surface area contributed by atoms with E-state index in [0.717, 1.165) is 12.1 Å². The van der Waals surface area contributed by atoms with E-state index >= 15 is 0 Å². The molecule has 1 N–H and O–H groups in total. The molecule has 0 saturated heterocycles. The van der Waals surface area contributed by atoms with Crippen molar-refractivity contribution in [3.8, 4) is 0 Å². The van der Waals surface area contributed by atoms with E-state index in [1.165, 1.54) is 17.4 Å². The molecular weight excluding hydrogens is 268 g/mol. The van der Waals surface area contributed by atoms with E-state index < -0.39 is 17.6 Å². The van der Waals surface area contributed by atoms with Crippen LogP contribution in [0.3, 0.4) is 0 Å². The molecule has 7 heteroatoms. The monoisotopic (exact) mass is 276 g/mol. The number of hydrogen-bond acceptors (Lipinski definition) is 3. The van der Waals surface area contributed by atoms with Crippen LogP contribution in [-0.4, -0.2) is 4.98 Å². The van der Waals surface area contributed by atoms with Crippen molar-refractivity contribution in [1.29, 1.82) is 0 Å². The molecule has 0 aliphatic carbocycles. The highest BCUT2D eigenvalue weighted by Gasteiger charge is 2.34. The summed E-state index contributed by atoms with van der Waals surface area (Å²) in [5.74, 6) is -1.26. The van der Waals surface area contributed by atoms with Gasteiger partial charge in [0.25, 0.3) is 0 Å². The predicted molar refractivity (Wildman–Crippen MR) is 60.8 cm³/mol. The van der Waals surface area contributed by atoms with Gasteiger partial charge in [-0.25, -0.2) is 9.37 Å².